The number of rotatable bonds is 4. The van der Waals surface area contributed by atoms with Crippen molar-refractivity contribution in [3.8, 4) is 17.2 Å². The van der Waals surface area contributed by atoms with Crippen molar-refractivity contribution in [2.24, 2.45) is 0 Å². The Morgan fingerprint density at radius 2 is 1.85 bits per heavy atom. The fourth-order valence-corrected chi connectivity index (χ4v) is 3.12. The van der Waals surface area contributed by atoms with Crippen LogP contribution in [0.25, 0.3) is 5.69 Å². The van der Waals surface area contributed by atoms with Crippen molar-refractivity contribution >= 4 is 17.3 Å². The third kappa shape index (κ3) is 3.48. The average molecular weight is 384 g/mol. The number of nitrogens with one attached hydrogen (secondary N) is 1. The number of hydrogen-bond donors (Lipinski definition) is 1. The van der Waals surface area contributed by atoms with Crippen molar-refractivity contribution in [2.75, 3.05) is 18.5 Å². The van der Waals surface area contributed by atoms with Crippen LogP contribution in [0.5, 0.6) is 11.5 Å². The number of benzene rings is 2. The highest BCUT2D eigenvalue weighted by atomic mass is 35.5. The largest absolute Gasteiger partial charge is 0.486 e. The fraction of sp³-hybridized carbons (Fsp3) is 0.200. The first-order chi connectivity index (χ1) is 13.1. The van der Waals surface area contributed by atoms with E-state index in [1.165, 1.54) is 4.68 Å². The number of halogens is 1. The molecule has 4 rings (SSSR count). The van der Waals surface area contributed by atoms with E-state index < -0.39 is 0 Å². The molecule has 1 N–H and O–H groups in total. The van der Waals surface area contributed by atoms with E-state index in [4.69, 9.17) is 21.1 Å². The molecule has 7 heteroatoms. The number of nitrogens with zero attached hydrogens (tertiary/aromatic N) is 2. The van der Waals surface area contributed by atoms with Crippen molar-refractivity contribution in [1.29, 1.82) is 0 Å². The molecule has 0 bridgehead atoms. The first-order valence-corrected chi connectivity index (χ1v) is 9.00. The highest BCUT2D eigenvalue weighted by molar-refractivity contribution is 6.33. The Kier molecular flexibility index (Phi) is 4.73. The summed E-state index contributed by atoms with van der Waals surface area (Å²) in [6.07, 6.45) is 1.56. The predicted octanol–water partition coefficient (Wildman–Crippen LogP) is 3.83. The molecule has 0 spiro atoms. The molecule has 27 heavy (non-hydrogen) atoms. The summed E-state index contributed by atoms with van der Waals surface area (Å²) in [5.74, 6) is 1.46. The number of anilines is 1. The van der Waals surface area contributed by atoms with Gasteiger partial charge in [0.25, 0.3) is 5.56 Å². The van der Waals surface area contributed by atoms with Crippen LogP contribution in [0.1, 0.15) is 18.5 Å². The van der Waals surface area contributed by atoms with Gasteiger partial charge in [-0.1, -0.05) is 35.9 Å². The Labute approximate surface area is 161 Å². The summed E-state index contributed by atoms with van der Waals surface area (Å²) in [5, 5.41) is 7.58. The van der Waals surface area contributed by atoms with E-state index in [-0.39, 0.29) is 16.6 Å². The maximum Gasteiger partial charge on any atom is 0.292 e. The topological polar surface area (TPSA) is 65.4 Å². The fourth-order valence-electron chi connectivity index (χ4n) is 2.93. The maximum absolute atomic E-state index is 12.6. The zero-order valence-electron chi connectivity index (χ0n) is 14.7. The number of hydrogen-bond acceptors (Lipinski definition) is 5. The Morgan fingerprint density at radius 1 is 1.11 bits per heavy atom. The van der Waals surface area contributed by atoms with Crippen LogP contribution in [-0.4, -0.2) is 23.0 Å². The average Bonchev–Trinajstić information content (AvgIpc) is 2.72. The first kappa shape index (κ1) is 17.4. The summed E-state index contributed by atoms with van der Waals surface area (Å²) >= 11 is 6.31. The lowest BCUT2D eigenvalue weighted by molar-refractivity contribution is 0.171. The van der Waals surface area contributed by atoms with Crippen LogP contribution >= 0.6 is 11.6 Å². The Morgan fingerprint density at radius 3 is 2.63 bits per heavy atom. The van der Waals surface area contributed by atoms with Gasteiger partial charge in [0.2, 0.25) is 0 Å². The normalized spacial score (nSPS) is 13.9. The maximum atomic E-state index is 12.6. The van der Waals surface area contributed by atoms with Gasteiger partial charge in [0.05, 0.1) is 17.6 Å². The van der Waals surface area contributed by atoms with E-state index in [0.717, 1.165) is 17.1 Å². The van der Waals surface area contributed by atoms with E-state index in [2.05, 4.69) is 10.4 Å². The summed E-state index contributed by atoms with van der Waals surface area (Å²) < 4.78 is 12.5. The number of ether oxygens (including phenoxy) is 2. The lowest BCUT2D eigenvalue weighted by Gasteiger charge is -2.21. The monoisotopic (exact) mass is 383 g/mol. The van der Waals surface area contributed by atoms with Gasteiger partial charge in [0, 0.05) is 6.04 Å². The van der Waals surface area contributed by atoms with Crippen LogP contribution in [0.4, 0.5) is 5.69 Å². The number of fused-ring (bicyclic) bond motifs is 1. The third-order valence-corrected chi connectivity index (χ3v) is 4.72. The summed E-state index contributed by atoms with van der Waals surface area (Å²) in [5.41, 5.74) is 1.76. The smallest absolute Gasteiger partial charge is 0.292 e. The minimum atomic E-state index is -0.373. The quantitative estimate of drug-likeness (QED) is 0.741. The first-order valence-electron chi connectivity index (χ1n) is 8.63. The SMILES string of the molecule is CC(Nc1cnn(-c2ccccc2)c(=O)c1Cl)c1ccc2c(c1)OCCO2. The summed E-state index contributed by atoms with van der Waals surface area (Å²) in [6, 6.07) is 14.8. The van der Waals surface area contributed by atoms with Crippen LogP contribution in [0, 0.1) is 0 Å². The molecule has 0 saturated carbocycles. The van der Waals surface area contributed by atoms with E-state index >= 15 is 0 Å². The van der Waals surface area contributed by atoms with Gasteiger partial charge in [-0.3, -0.25) is 4.79 Å². The second-order valence-electron chi connectivity index (χ2n) is 6.19. The molecule has 2 aromatic carbocycles. The van der Waals surface area contributed by atoms with Crippen molar-refractivity contribution in [2.45, 2.75) is 13.0 Å². The van der Waals surface area contributed by atoms with Gasteiger partial charge in [-0.05, 0) is 36.8 Å². The lowest BCUT2D eigenvalue weighted by atomic mass is 10.1. The molecule has 1 unspecified atom stereocenters. The lowest BCUT2D eigenvalue weighted by Crippen LogP contribution is -2.23. The summed E-state index contributed by atoms with van der Waals surface area (Å²) in [7, 11) is 0. The van der Waals surface area contributed by atoms with E-state index in [0.29, 0.717) is 24.6 Å². The standard InChI is InChI=1S/C20H18ClN3O3/c1-13(14-7-8-17-18(11-14)27-10-9-26-17)23-16-12-22-24(20(25)19(16)21)15-5-3-2-4-6-15/h2-8,11-13,23H,9-10H2,1H3. The Bertz CT molecular complexity index is 1020. The van der Waals surface area contributed by atoms with Gasteiger partial charge < -0.3 is 14.8 Å². The molecular formula is C20H18ClN3O3. The summed E-state index contributed by atoms with van der Waals surface area (Å²) in [6.45, 7) is 3.06. The van der Waals surface area contributed by atoms with Gasteiger partial charge >= 0.3 is 0 Å². The number of aromatic nitrogens is 2. The van der Waals surface area contributed by atoms with Crippen LogP contribution < -0.4 is 20.3 Å². The van der Waals surface area contributed by atoms with Crippen molar-refractivity contribution in [3.05, 3.63) is 75.7 Å². The molecule has 1 atom stereocenters. The van der Waals surface area contributed by atoms with Crippen molar-refractivity contribution in [1.82, 2.24) is 9.78 Å². The van der Waals surface area contributed by atoms with Crippen molar-refractivity contribution < 1.29 is 9.47 Å². The van der Waals surface area contributed by atoms with E-state index in [1.54, 1.807) is 18.3 Å². The molecule has 6 nitrogen and oxygen atoms in total. The molecule has 1 aromatic heterocycles. The second-order valence-corrected chi connectivity index (χ2v) is 6.57. The van der Waals surface area contributed by atoms with Gasteiger partial charge in [0.1, 0.15) is 18.2 Å². The molecule has 138 valence electrons. The minimum Gasteiger partial charge on any atom is -0.486 e. The minimum absolute atomic E-state index is 0.0956. The molecule has 1 aliphatic rings. The molecule has 0 radical (unpaired) electrons. The molecule has 3 aromatic rings. The highest BCUT2D eigenvalue weighted by Crippen LogP contribution is 2.33. The van der Waals surface area contributed by atoms with Gasteiger partial charge in [0.15, 0.2) is 11.5 Å². The van der Waals surface area contributed by atoms with E-state index in [1.807, 2.05) is 43.3 Å². The molecular weight excluding hydrogens is 366 g/mol. The molecule has 1 aliphatic heterocycles. The molecule has 0 fully saturated rings. The zero-order chi connectivity index (χ0) is 18.8. The van der Waals surface area contributed by atoms with Gasteiger partial charge in [-0.2, -0.15) is 9.78 Å². The van der Waals surface area contributed by atoms with Gasteiger partial charge in [-0.15, -0.1) is 0 Å². The third-order valence-electron chi connectivity index (χ3n) is 4.36. The number of para-hydroxylation sites is 1. The van der Waals surface area contributed by atoms with Crippen molar-refractivity contribution in [3.63, 3.8) is 0 Å². The molecule has 0 amide bonds. The highest BCUT2D eigenvalue weighted by Gasteiger charge is 2.17. The van der Waals surface area contributed by atoms with Crippen LogP contribution in [-0.2, 0) is 0 Å². The molecule has 0 saturated heterocycles. The van der Waals surface area contributed by atoms with E-state index in [9.17, 15) is 4.79 Å². The predicted molar refractivity (Wildman–Crippen MR) is 104 cm³/mol. The Hall–Kier alpha value is -2.99. The van der Waals surface area contributed by atoms with Crippen LogP contribution in [0.3, 0.4) is 0 Å². The zero-order valence-corrected chi connectivity index (χ0v) is 15.4. The van der Waals surface area contributed by atoms with Crippen LogP contribution in [0.2, 0.25) is 5.02 Å². The molecule has 0 aliphatic carbocycles. The summed E-state index contributed by atoms with van der Waals surface area (Å²) in [4.78, 5) is 12.6. The van der Waals surface area contributed by atoms with Gasteiger partial charge in [-0.25, -0.2) is 0 Å². The Balaban J connectivity index is 1.59. The second kappa shape index (κ2) is 7.32. The molecule has 2 heterocycles. The van der Waals surface area contributed by atoms with Crippen LogP contribution in [0.15, 0.2) is 59.5 Å².